The van der Waals surface area contributed by atoms with E-state index in [9.17, 15) is 4.39 Å². The maximum Gasteiger partial charge on any atom is 0.225 e. The van der Waals surface area contributed by atoms with Gasteiger partial charge in [-0.3, -0.25) is 0 Å². The molecule has 2 atom stereocenters. The number of rotatable bonds is 3. The minimum Gasteiger partial charge on any atom is -0.371 e. The molecule has 0 saturated carbocycles. The summed E-state index contributed by atoms with van der Waals surface area (Å²) in [7, 11) is 0. The predicted octanol–water partition coefficient (Wildman–Crippen LogP) is 1.65. The second kappa shape index (κ2) is 6.27. The molecule has 8 heteroatoms. The minimum absolute atomic E-state index is 0.118. The van der Waals surface area contributed by atoms with Crippen LogP contribution in [0.3, 0.4) is 0 Å². The first-order valence-electron chi connectivity index (χ1n) is 8.12. The fraction of sp³-hybridized carbons (Fsp3) is 0.500. The van der Waals surface area contributed by atoms with Gasteiger partial charge >= 0.3 is 0 Å². The smallest absolute Gasteiger partial charge is 0.225 e. The Labute approximate surface area is 139 Å². The third-order valence-electron chi connectivity index (χ3n) is 4.54. The molecule has 2 aliphatic rings. The highest BCUT2D eigenvalue weighted by atomic mass is 19.1. The number of ether oxygens (including phenoxy) is 1. The number of nitrogens with zero attached hydrogens (tertiary/aromatic N) is 5. The lowest BCUT2D eigenvalue weighted by Crippen LogP contribution is -2.48. The zero-order chi connectivity index (χ0) is 16.4. The van der Waals surface area contributed by atoms with Crippen molar-refractivity contribution in [2.45, 2.75) is 30.9 Å². The molecule has 2 aliphatic heterocycles. The first kappa shape index (κ1) is 15.2. The Hall–Kier alpha value is -2.35. The zero-order valence-electron chi connectivity index (χ0n) is 13.2. The molecule has 7 nitrogen and oxygen atoms in total. The molecule has 2 aromatic heterocycles. The number of aromatic nitrogens is 4. The molecule has 1 N–H and O–H groups in total. The van der Waals surface area contributed by atoms with Crippen LogP contribution in [0.4, 0.5) is 16.3 Å². The highest BCUT2D eigenvalue weighted by Crippen LogP contribution is 2.36. The van der Waals surface area contributed by atoms with E-state index in [4.69, 9.17) is 4.74 Å². The van der Waals surface area contributed by atoms with Crippen molar-refractivity contribution in [2.75, 3.05) is 29.9 Å². The normalized spacial score (nSPS) is 26.7. The lowest BCUT2D eigenvalue weighted by molar-refractivity contribution is -0.00668. The summed E-state index contributed by atoms with van der Waals surface area (Å²) in [6.07, 6.45) is 8.75. The molecular weight excluding hydrogens is 311 g/mol. The zero-order valence-corrected chi connectivity index (χ0v) is 13.2. The van der Waals surface area contributed by atoms with Gasteiger partial charge in [0, 0.05) is 31.9 Å². The third-order valence-corrected chi connectivity index (χ3v) is 4.54. The molecule has 0 amide bonds. The van der Waals surface area contributed by atoms with Crippen LogP contribution in [0.2, 0.25) is 0 Å². The number of hydrogen-bond donors (Lipinski definition) is 1. The molecule has 2 saturated heterocycles. The van der Waals surface area contributed by atoms with Crippen LogP contribution in [-0.2, 0) is 4.74 Å². The van der Waals surface area contributed by atoms with Gasteiger partial charge in [0.05, 0.1) is 30.6 Å². The molecule has 4 heterocycles. The Morgan fingerprint density at radius 1 is 1.21 bits per heavy atom. The van der Waals surface area contributed by atoms with Gasteiger partial charge in [-0.1, -0.05) is 0 Å². The lowest BCUT2D eigenvalue weighted by Gasteiger charge is -2.39. The van der Waals surface area contributed by atoms with Gasteiger partial charge in [0.2, 0.25) is 11.9 Å². The van der Waals surface area contributed by atoms with Crippen molar-refractivity contribution in [2.24, 2.45) is 0 Å². The standard InChI is InChI=1S/C16H19FN6O/c17-12-8-20-14(21-9-12)22-13-7-16(24-10-13)3-1-6-23(11-16)15-18-4-2-5-19-15/h2,4-5,8-9,13H,1,3,6-7,10-11H2,(H,20,21,22)/t13-,16+/m1/s1. The summed E-state index contributed by atoms with van der Waals surface area (Å²) < 4.78 is 19.0. The Kier molecular flexibility index (Phi) is 3.97. The highest BCUT2D eigenvalue weighted by Gasteiger charge is 2.44. The van der Waals surface area contributed by atoms with E-state index in [-0.39, 0.29) is 11.6 Å². The molecule has 0 radical (unpaired) electrons. The van der Waals surface area contributed by atoms with Crippen LogP contribution in [0.15, 0.2) is 30.9 Å². The number of hydrogen-bond acceptors (Lipinski definition) is 7. The Balaban J connectivity index is 1.42. The van der Waals surface area contributed by atoms with Crippen LogP contribution in [0.1, 0.15) is 19.3 Å². The summed E-state index contributed by atoms with van der Waals surface area (Å²) in [5.74, 6) is 0.741. The topological polar surface area (TPSA) is 76.1 Å². The van der Waals surface area contributed by atoms with Crippen molar-refractivity contribution in [3.05, 3.63) is 36.7 Å². The third kappa shape index (κ3) is 3.14. The molecule has 2 aromatic rings. The first-order valence-corrected chi connectivity index (χ1v) is 8.12. The molecule has 0 bridgehead atoms. The number of piperidine rings is 1. The molecule has 2 fully saturated rings. The van der Waals surface area contributed by atoms with Crippen molar-refractivity contribution in [3.8, 4) is 0 Å². The molecule has 1 spiro atoms. The number of halogens is 1. The van der Waals surface area contributed by atoms with Crippen LogP contribution in [-0.4, -0.2) is 51.3 Å². The Morgan fingerprint density at radius 3 is 2.79 bits per heavy atom. The summed E-state index contributed by atoms with van der Waals surface area (Å²) in [6.45, 7) is 2.30. The minimum atomic E-state index is -0.439. The van der Waals surface area contributed by atoms with Crippen LogP contribution in [0.5, 0.6) is 0 Å². The van der Waals surface area contributed by atoms with Crippen molar-refractivity contribution >= 4 is 11.9 Å². The van der Waals surface area contributed by atoms with Gasteiger partial charge in [-0.15, -0.1) is 0 Å². The monoisotopic (exact) mass is 330 g/mol. The van der Waals surface area contributed by atoms with E-state index < -0.39 is 5.82 Å². The predicted molar refractivity (Wildman–Crippen MR) is 86.2 cm³/mol. The quantitative estimate of drug-likeness (QED) is 0.917. The number of nitrogens with one attached hydrogen (secondary N) is 1. The van der Waals surface area contributed by atoms with Gasteiger partial charge in [0.25, 0.3) is 0 Å². The number of anilines is 2. The summed E-state index contributed by atoms with van der Waals surface area (Å²) in [6, 6.07) is 1.94. The van der Waals surface area contributed by atoms with Crippen molar-refractivity contribution in [1.29, 1.82) is 0 Å². The maximum absolute atomic E-state index is 12.9. The molecule has 0 unspecified atom stereocenters. The summed E-state index contributed by atoms with van der Waals surface area (Å²) in [5, 5.41) is 3.23. The summed E-state index contributed by atoms with van der Waals surface area (Å²) in [5.41, 5.74) is -0.199. The van der Waals surface area contributed by atoms with Crippen LogP contribution >= 0.6 is 0 Å². The van der Waals surface area contributed by atoms with E-state index >= 15 is 0 Å². The SMILES string of the molecule is Fc1cnc(N[C@H]2CO[C@@]3(CCCN(c4ncccn4)C3)C2)nc1. The van der Waals surface area contributed by atoms with Crippen LogP contribution in [0, 0.1) is 5.82 Å². The Morgan fingerprint density at radius 2 is 2.00 bits per heavy atom. The largest absolute Gasteiger partial charge is 0.371 e. The lowest BCUT2D eigenvalue weighted by atomic mass is 9.89. The van der Waals surface area contributed by atoms with E-state index in [0.717, 1.165) is 50.7 Å². The fourth-order valence-electron chi connectivity index (χ4n) is 3.51. The van der Waals surface area contributed by atoms with Gasteiger partial charge in [0.15, 0.2) is 5.82 Å². The van der Waals surface area contributed by atoms with Crippen molar-refractivity contribution in [1.82, 2.24) is 19.9 Å². The molecule has 24 heavy (non-hydrogen) atoms. The van der Waals surface area contributed by atoms with Gasteiger partial charge < -0.3 is 15.0 Å². The maximum atomic E-state index is 12.9. The first-order chi connectivity index (χ1) is 11.7. The van der Waals surface area contributed by atoms with E-state index in [1.54, 1.807) is 12.4 Å². The van der Waals surface area contributed by atoms with E-state index in [1.165, 1.54) is 0 Å². The average molecular weight is 330 g/mol. The second-order valence-electron chi connectivity index (χ2n) is 6.34. The van der Waals surface area contributed by atoms with Crippen molar-refractivity contribution < 1.29 is 9.13 Å². The average Bonchev–Trinajstić information content (AvgIpc) is 2.99. The van der Waals surface area contributed by atoms with E-state index in [0.29, 0.717) is 12.6 Å². The van der Waals surface area contributed by atoms with Gasteiger partial charge in [-0.2, -0.15) is 0 Å². The molecule has 4 rings (SSSR count). The second-order valence-corrected chi connectivity index (χ2v) is 6.34. The molecule has 0 aromatic carbocycles. The van der Waals surface area contributed by atoms with Gasteiger partial charge in [-0.25, -0.2) is 24.3 Å². The Bertz CT molecular complexity index is 685. The molecular formula is C16H19FN6O. The van der Waals surface area contributed by atoms with E-state index in [1.807, 2.05) is 6.07 Å². The van der Waals surface area contributed by atoms with Gasteiger partial charge in [-0.05, 0) is 18.9 Å². The van der Waals surface area contributed by atoms with Crippen LogP contribution in [0.25, 0.3) is 0 Å². The van der Waals surface area contributed by atoms with Crippen molar-refractivity contribution in [3.63, 3.8) is 0 Å². The molecule has 0 aliphatic carbocycles. The van der Waals surface area contributed by atoms with Gasteiger partial charge in [0.1, 0.15) is 0 Å². The summed E-state index contributed by atoms with van der Waals surface area (Å²) in [4.78, 5) is 18.8. The summed E-state index contributed by atoms with van der Waals surface area (Å²) >= 11 is 0. The molecule has 126 valence electrons. The fourth-order valence-corrected chi connectivity index (χ4v) is 3.51. The highest BCUT2D eigenvalue weighted by molar-refractivity contribution is 5.32. The van der Waals surface area contributed by atoms with Crippen LogP contribution < -0.4 is 10.2 Å². The van der Waals surface area contributed by atoms with E-state index in [2.05, 4.69) is 30.2 Å².